The molecule has 3 heterocycles. The molecule has 10 nitrogen and oxygen atoms in total. The Hall–Kier alpha value is -4.26. The molecule has 0 aliphatic carbocycles. The first kappa shape index (κ1) is 22.9. The van der Waals surface area contributed by atoms with E-state index in [1.807, 2.05) is 40.9 Å². The zero-order chi connectivity index (χ0) is 24.1. The van der Waals surface area contributed by atoms with E-state index in [9.17, 15) is 9.59 Å². The van der Waals surface area contributed by atoms with Crippen LogP contribution < -0.4 is 10.6 Å². The number of nitrogens with one attached hydrogen (secondary N) is 2. The number of aryl methyl sites for hydroxylation is 1. The molecule has 0 unspecified atom stereocenters. The smallest absolute Gasteiger partial charge is 0.252 e. The molecule has 2 amide bonds. The van der Waals surface area contributed by atoms with E-state index in [-0.39, 0.29) is 24.4 Å². The van der Waals surface area contributed by atoms with E-state index >= 15 is 0 Å². The molecule has 174 valence electrons. The first-order chi connectivity index (χ1) is 16.4. The summed E-state index contributed by atoms with van der Waals surface area (Å²) in [5, 5.41) is 18.8. The maximum absolute atomic E-state index is 12.0. The highest BCUT2D eigenvalue weighted by Crippen LogP contribution is 2.26. The zero-order valence-corrected chi connectivity index (χ0v) is 19.2. The van der Waals surface area contributed by atoms with Crippen LogP contribution in [-0.2, 0) is 4.79 Å². The van der Waals surface area contributed by atoms with Gasteiger partial charge in [0.15, 0.2) is 0 Å². The fourth-order valence-corrected chi connectivity index (χ4v) is 3.97. The van der Waals surface area contributed by atoms with Gasteiger partial charge in [-0.2, -0.15) is 10.4 Å². The third kappa shape index (κ3) is 5.20. The summed E-state index contributed by atoms with van der Waals surface area (Å²) in [6.45, 7) is 4.98. The number of hydrogen-bond donors (Lipinski definition) is 2. The topological polar surface area (TPSA) is 129 Å². The minimum Gasteiger partial charge on any atom is -0.343 e. The summed E-state index contributed by atoms with van der Waals surface area (Å²) in [7, 11) is 0. The predicted molar refractivity (Wildman–Crippen MR) is 126 cm³/mol. The van der Waals surface area contributed by atoms with Crippen LogP contribution in [0.25, 0.3) is 11.3 Å². The minimum absolute atomic E-state index is 0.0329. The number of likely N-dealkylation sites (tertiary alicyclic amines) is 1. The van der Waals surface area contributed by atoms with Crippen LogP contribution in [0.5, 0.6) is 0 Å². The average molecular weight is 459 g/mol. The number of piperidine rings is 1. The Kier molecular flexibility index (Phi) is 6.82. The first-order valence-electron chi connectivity index (χ1n) is 11.1. The highest BCUT2D eigenvalue weighted by molar-refractivity contribution is 5.94. The Balaban J connectivity index is 1.45. The summed E-state index contributed by atoms with van der Waals surface area (Å²) in [6.07, 6.45) is 7.17. The molecule has 1 aliphatic heterocycles. The van der Waals surface area contributed by atoms with E-state index in [0.29, 0.717) is 11.5 Å². The summed E-state index contributed by atoms with van der Waals surface area (Å²) < 4.78 is 1.94. The second-order valence-electron chi connectivity index (χ2n) is 8.21. The minimum atomic E-state index is -0.293. The number of amides is 2. The Bertz CT molecular complexity index is 1220. The van der Waals surface area contributed by atoms with Crippen LogP contribution in [-0.4, -0.2) is 56.1 Å². The Morgan fingerprint density at radius 1 is 1.18 bits per heavy atom. The van der Waals surface area contributed by atoms with E-state index in [4.69, 9.17) is 5.26 Å². The van der Waals surface area contributed by atoms with Crippen molar-refractivity contribution in [2.75, 3.05) is 25.0 Å². The number of anilines is 2. The van der Waals surface area contributed by atoms with Gasteiger partial charge >= 0.3 is 0 Å². The van der Waals surface area contributed by atoms with Gasteiger partial charge in [-0.3, -0.25) is 14.3 Å². The lowest BCUT2D eigenvalue weighted by atomic mass is 10.1. The normalized spacial score (nSPS) is 13.9. The summed E-state index contributed by atoms with van der Waals surface area (Å²) in [5.74, 6) is 0.270. The highest BCUT2D eigenvalue weighted by Gasteiger charge is 2.22. The van der Waals surface area contributed by atoms with Gasteiger partial charge in [-0.15, -0.1) is 0 Å². The third-order valence-electron chi connectivity index (χ3n) is 5.86. The number of nitrogens with zero attached hydrogens (tertiary/aromatic N) is 6. The van der Waals surface area contributed by atoms with Gasteiger partial charge in [0.05, 0.1) is 29.7 Å². The summed E-state index contributed by atoms with van der Waals surface area (Å²) in [4.78, 5) is 34.5. The molecule has 1 aliphatic rings. The lowest BCUT2D eigenvalue weighted by molar-refractivity contribution is -0.130. The Morgan fingerprint density at radius 2 is 1.91 bits per heavy atom. The SMILES string of the molecule is CC(=O)N1CCC(n2cc(Nc3ncc(C)c(-c4ccc(C(=O)NCC#N)cc4)n3)cn2)CC1. The molecule has 1 saturated heterocycles. The summed E-state index contributed by atoms with van der Waals surface area (Å²) in [5.41, 5.74) is 3.78. The molecule has 0 bridgehead atoms. The molecule has 4 rings (SSSR count). The van der Waals surface area contributed by atoms with Crippen molar-refractivity contribution in [1.82, 2.24) is 30.0 Å². The maximum Gasteiger partial charge on any atom is 0.252 e. The van der Waals surface area contributed by atoms with Gasteiger partial charge in [-0.25, -0.2) is 9.97 Å². The average Bonchev–Trinajstić information content (AvgIpc) is 3.32. The van der Waals surface area contributed by atoms with Gasteiger partial charge in [-0.1, -0.05) is 12.1 Å². The first-order valence-corrected chi connectivity index (χ1v) is 11.1. The van der Waals surface area contributed by atoms with Crippen LogP contribution >= 0.6 is 0 Å². The molecule has 2 N–H and O–H groups in total. The van der Waals surface area contributed by atoms with Crippen LogP contribution in [0.4, 0.5) is 11.6 Å². The van der Waals surface area contributed by atoms with Crippen molar-refractivity contribution in [3.05, 3.63) is 54.0 Å². The van der Waals surface area contributed by atoms with Crippen molar-refractivity contribution in [3.8, 4) is 17.3 Å². The quantitative estimate of drug-likeness (QED) is 0.544. The summed E-state index contributed by atoms with van der Waals surface area (Å²) >= 11 is 0. The van der Waals surface area contributed by atoms with Crippen LogP contribution in [0.3, 0.4) is 0 Å². The standard InChI is InChI=1S/C24H26N8O2/c1-16-13-27-24(30-22(16)18-3-5-19(6-4-18)23(34)26-10-9-25)29-20-14-28-32(15-20)21-7-11-31(12-8-21)17(2)33/h3-6,13-15,21H,7-8,10-12H2,1-2H3,(H,26,34)(H,27,29,30). The lowest BCUT2D eigenvalue weighted by Gasteiger charge is -2.31. The largest absolute Gasteiger partial charge is 0.343 e. The molecule has 0 spiro atoms. The number of hydrogen-bond acceptors (Lipinski definition) is 7. The second-order valence-corrected chi connectivity index (χ2v) is 8.21. The van der Waals surface area contributed by atoms with E-state index in [2.05, 4.69) is 25.7 Å². The van der Waals surface area contributed by atoms with Gasteiger partial charge in [0, 0.05) is 43.5 Å². The predicted octanol–water partition coefficient (Wildman–Crippen LogP) is 2.83. The number of nitriles is 1. The number of carbonyl (C=O) groups excluding carboxylic acids is 2. The van der Waals surface area contributed by atoms with Crippen molar-refractivity contribution >= 4 is 23.5 Å². The van der Waals surface area contributed by atoms with E-state index < -0.39 is 0 Å². The van der Waals surface area contributed by atoms with Gasteiger partial charge in [0.1, 0.15) is 6.54 Å². The van der Waals surface area contributed by atoms with E-state index in [0.717, 1.165) is 48.4 Å². The zero-order valence-electron chi connectivity index (χ0n) is 19.2. The van der Waals surface area contributed by atoms with Gasteiger partial charge in [-0.05, 0) is 37.5 Å². The van der Waals surface area contributed by atoms with Crippen LogP contribution in [0, 0.1) is 18.3 Å². The van der Waals surface area contributed by atoms with Crippen molar-refractivity contribution < 1.29 is 9.59 Å². The number of aromatic nitrogens is 4. The van der Waals surface area contributed by atoms with Gasteiger partial charge < -0.3 is 15.5 Å². The van der Waals surface area contributed by atoms with Crippen molar-refractivity contribution in [2.45, 2.75) is 32.7 Å². The molecule has 10 heteroatoms. The molecule has 34 heavy (non-hydrogen) atoms. The Labute approximate surface area is 197 Å². The van der Waals surface area contributed by atoms with Crippen LogP contribution in [0.1, 0.15) is 41.7 Å². The fourth-order valence-electron chi connectivity index (χ4n) is 3.97. The van der Waals surface area contributed by atoms with Gasteiger partial charge in [0.25, 0.3) is 5.91 Å². The molecule has 1 fully saturated rings. The fraction of sp³-hybridized carbons (Fsp3) is 0.333. The number of carbonyl (C=O) groups is 2. The van der Waals surface area contributed by atoms with Gasteiger partial charge in [0.2, 0.25) is 11.9 Å². The summed E-state index contributed by atoms with van der Waals surface area (Å²) in [6, 6.07) is 9.21. The van der Waals surface area contributed by atoms with Crippen LogP contribution in [0.2, 0.25) is 0 Å². The molecule has 0 saturated carbocycles. The molecule has 0 radical (unpaired) electrons. The molecular weight excluding hydrogens is 432 g/mol. The maximum atomic E-state index is 12.0. The monoisotopic (exact) mass is 458 g/mol. The molecule has 2 aromatic heterocycles. The second kappa shape index (κ2) is 10.1. The van der Waals surface area contributed by atoms with Crippen molar-refractivity contribution in [2.24, 2.45) is 0 Å². The van der Waals surface area contributed by atoms with Crippen molar-refractivity contribution in [1.29, 1.82) is 5.26 Å². The Morgan fingerprint density at radius 3 is 2.59 bits per heavy atom. The highest BCUT2D eigenvalue weighted by atomic mass is 16.2. The molecule has 0 atom stereocenters. The number of benzene rings is 1. The van der Waals surface area contributed by atoms with E-state index in [1.54, 1.807) is 31.5 Å². The third-order valence-corrected chi connectivity index (χ3v) is 5.86. The molecule has 1 aromatic carbocycles. The van der Waals surface area contributed by atoms with Crippen molar-refractivity contribution in [3.63, 3.8) is 0 Å². The molecule has 3 aromatic rings. The van der Waals surface area contributed by atoms with E-state index in [1.165, 1.54) is 0 Å². The number of rotatable bonds is 6. The molecular formula is C24H26N8O2. The lowest BCUT2D eigenvalue weighted by Crippen LogP contribution is -2.37. The van der Waals surface area contributed by atoms with Crippen LogP contribution in [0.15, 0.2) is 42.9 Å².